The molecule has 0 atom stereocenters. The highest BCUT2D eigenvalue weighted by molar-refractivity contribution is 6.21. The van der Waals surface area contributed by atoms with Crippen LogP contribution in [0.4, 0.5) is 5.69 Å². The molecular weight excluding hydrogens is 256 g/mol. The molecule has 0 spiro atoms. The van der Waals surface area contributed by atoms with Crippen LogP contribution in [-0.4, -0.2) is 28.5 Å². The minimum atomic E-state index is -0.295. The zero-order valence-corrected chi connectivity index (χ0v) is 10.5. The Kier molecular flexibility index (Phi) is 2.87. The lowest BCUT2D eigenvalue weighted by Gasteiger charge is -2.15. The Morgan fingerprint density at radius 2 is 1.45 bits per heavy atom. The molecule has 0 radical (unpaired) electrons. The summed E-state index contributed by atoms with van der Waals surface area (Å²) in [5.41, 5.74) is 1.59. The van der Waals surface area contributed by atoms with E-state index in [0.29, 0.717) is 11.1 Å². The summed E-state index contributed by atoms with van der Waals surface area (Å²) in [6.07, 6.45) is 0. The molecule has 1 heterocycles. The van der Waals surface area contributed by atoms with E-state index >= 15 is 0 Å². The van der Waals surface area contributed by atoms with Crippen LogP contribution in [0.25, 0.3) is 0 Å². The van der Waals surface area contributed by atoms with Gasteiger partial charge in [-0.3, -0.25) is 14.5 Å². The normalized spacial score (nSPS) is 13.5. The van der Waals surface area contributed by atoms with Gasteiger partial charge in [-0.05, 0) is 36.4 Å². The van der Waals surface area contributed by atoms with Crippen molar-refractivity contribution in [1.82, 2.24) is 4.90 Å². The van der Waals surface area contributed by atoms with E-state index in [1.54, 1.807) is 36.4 Å². The van der Waals surface area contributed by atoms with Gasteiger partial charge >= 0.3 is 0 Å². The van der Waals surface area contributed by atoms with Gasteiger partial charge in [0.05, 0.1) is 17.8 Å². The number of hydrogen-bond donors (Lipinski definition) is 2. The van der Waals surface area contributed by atoms with Crippen molar-refractivity contribution >= 4 is 17.5 Å². The van der Waals surface area contributed by atoms with Gasteiger partial charge in [0, 0.05) is 5.69 Å². The molecule has 100 valence electrons. The van der Waals surface area contributed by atoms with Gasteiger partial charge in [0.2, 0.25) is 0 Å². The van der Waals surface area contributed by atoms with E-state index in [9.17, 15) is 14.7 Å². The number of carbonyl (C=O) groups excluding carboxylic acids is 2. The van der Waals surface area contributed by atoms with E-state index in [4.69, 9.17) is 0 Å². The van der Waals surface area contributed by atoms with Crippen molar-refractivity contribution in [2.24, 2.45) is 0 Å². The molecule has 0 aliphatic carbocycles. The fourth-order valence-electron chi connectivity index (χ4n) is 2.13. The lowest BCUT2D eigenvalue weighted by molar-refractivity contribution is 0.0666. The van der Waals surface area contributed by atoms with Crippen molar-refractivity contribution in [3.8, 4) is 5.75 Å². The van der Waals surface area contributed by atoms with Gasteiger partial charge in [0.1, 0.15) is 5.75 Å². The van der Waals surface area contributed by atoms with Gasteiger partial charge in [-0.15, -0.1) is 0 Å². The van der Waals surface area contributed by atoms with Crippen molar-refractivity contribution in [2.75, 3.05) is 12.0 Å². The van der Waals surface area contributed by atoms with Crippen molar-refractivity contribution in [3.63, 3.8) is 0 Å². The zero-order valence-electron chi connectivity index (χ0n) is 10.5. The largest absolute Gasteiger partial charge is 0.508 e. The van der Waals surface area contributed by atoms with Crippen molar-refractivity contribution in [1.29, 1.82) is 0 Å². The number of phenols is 1. The van der Waals surface area contributed by atoms with E-state index in [1.165, 1.54) is 12.1 Å². The van der Waals surface area contributed by atoms with Crippen LogP contribution in [0, 0.1) is 0 Å². The fourth-order valence-corrected chi connectivity index (χ4v) is 2.13. The van der Waals surface area contributed by atoms with E-state index in [0.717, 1.165) is 10.6 Å². The monoisotopic (exact) mass is 268 g/mol. The first kappa shape index (κ1) is 12.2. The number of fused-ring (bicyclic) bond motifs is 1. The molecule has 0 saturated carbocycles. The summed E-state index contributed by atoms with van der Waals surface area (Å²) in [6.45, 7) is 0.0944. The first-order chi connectivity index (χ1) is 9.66. The molecule has 2 aromatic carbocycles. The Labute approximate surface area is 115 Å². The first-order valence-electron chi connectivity index (χ1n) is 6.15. The molecule has 20 heavy (non-hydrogen) atoms. The summed E-state index contributed by atoms with van der Waals surface area (Å²) in [5, 5.41) is 12.2. The summed E-state index contributed by atoms with van der Waals surface area (Å²) in [5.74, 6) is -0.426. The number of nitrogens with one attached hydrogen (secondary N) is 1. The van der Waals surface area contributed by atoms with Gasteiger partial charge in [0.25, 0.3) is 11.8 Å². The molecule has 3 rings (SSSR count). The lowest BCUT2D eigenvalue weighted by Crippen LogP contribution is -2.34. The standard InChI is InChI=1S/C15H12N2O3/c18-11-7-5-10(6-8-11)16-9-17-14(19)12-3-1-2-4-13(12)15(17)20/h1-8,16,18H,9H2. The average molecular weight is 268 g/mol. The van der Waals surface area contributed by atoms with E-state index in [1.807, 2.05) is 0 Å². The fraction of sp³-hybridized carbons (Fsp3) is 0.0667. The molecule has 0 saturated heterocycles. The van der Waals surface area contributed by atoms with Crippen LogP contribution >= 0.6 is 0 Å². The van der Waals surface area contributed by atoms with Gasteiger partial charge < -0.3 is 10.4 Å². The Hall–Kier alpha value is -2.82. The molecule has 1 aliphatic rings. The number of benzene rings is 2. The number of imide groups is 1. The van der Waals surface area contributed by atoms with Crippen LogP contribution in [0.2, 0.25) is 0 Å². The summed E-state index contributed by atoms with van der Waals surface area (Å²) in [6, 6.07) is 13.2. The van der Waals surface area contributed by atoms with Crippen LogP contribution in [0.3, 0.4) is 0 Å². The molecule has 2 aromatic rings. The van der Waals surface area contributed by atoms with Crippen molar-refractivity contribution < 1.29 is 14.7 Å². The number of amides is 2. The Morgan fingerprint density at radius 3 is 2.00 bits per heavy atom. The van der Waals surface area contributed by atoms with Gasteiger partial charge in [-0.25, -0.2) is 0 Å². The van der Waals surface area contributed by atoms with Crippen LogP contribution in [0.5, 0.6) is 5.75 Å². The number of rotatable bonds is 3. The molecule has 5 heteroatoms. The quantitative estimate of drug-likeness (QED) is 0.660. The highest BCUT2D eigenvalue weighted by atomic mass is 16.3. The summed E-state index contributed by atoms with van der Waals surface area (Å²) < 4.78 is 0. The Morgan fingerprint density at radius 1 is 0.900 bits per heavy atom. The predicted octanol–water partition coefficient (Wildman–Crippen LogP) is 2.06. The number of nitrogens with zero attached hydrogens (tertiary/aromatic N) is 1. The second kappa shape index (κ2) is 4.70. The lowest BCUT2D eigenvalue weighted by atomic mass is 10.1. The summed E-state index contributed by atoms with van der Waals surface area (Å²) >= 11 is 0. The van der Waals surface area contributed by atoms with E-state index in [2.05, 4.69) is 5.32 Å². The molecule has 0 bridgehead atoms. The average Bonchev–Trinajstić information content (AvgIpc) is 2.71. The molecule has 0 unspecified atom stereocenters. The number of hydrogen-bond acceptors (Lipinski definition) is 4. The summed E-state index contributed by atoms with van der Waals surface area (Å²) in [7, 11) is 0. The molecule has 2 N–H and O–H groups in total. The maximum absolute atomic E-state index is 12.1. The van der Waals surface area contributed by atoms with E-state index < -0.39 is 0 Å². The summed E-state index contributed by atoms with van der Waals surface area (Å²) in [4.78, 5) is 25.4. The first-order valence-corrected chi connectivity index (χ1v) is 6.15. The second-order valence-corrected chi connectivity index (χ2v) is 4.47. The third-order valence-corrected chi connectivity index (χ3v) is 3.19. The maximum atomic E-state index is 12.1. The minimum Gasteiger partial charge on any atom is -0.508 e. The maximum Gasteiger partial charge on any atom is 0.263 e. The third-order valence-electron chi connectivity index (χ3n) is 3.19. The van der Waals surface area contributed by atoms with Crippen LogP contribution in [0.15, 0.2) is 48.5 Å². The smallest absolute Gasteiger partial charge is 0.263 e. The number of carbonyl (C=O) groups is 2. The van der Waals surface area contributed by atoms with Crippen LogP contribution in [-0.2, 0) is 0 Å². The topological polar surface area (TPSA) is 69.6 Å². The predicted molar refractivity (Wildman–Crippen MR) is 73.5 cm³/mol. The molecule has 5 nitrogen and oxygen atoms in total. The van der Waals surface area contributed by atoms with Gasteiger partial charge in [0.15, 0.2) is 0 Å². The van der Waals surface area contributed by atoms with Crippen LogP contribution in [0.1, 0.15) is 20.7 Å². The SMILES string of the molecule is O=C1c2ccccc2C(=O)N1CNc1ccc(O)cc1. The molecular formula is C15H12N2O3. The van der Waals surface area contributed by atoms with Gasteiger partial charge in [-0.2, -0.15) is 0 Å². The van der Waals surface area contributed by atoms with Gasteiger partial charge in [-0.1, -0.05) is 12.1 Å². The highest BCUT2D eigenvalue weighted by Crippen LogP contribution is 2.22. The van der Waals surface area contributed by atoms with E-state index in [-0.39, 0.29) is 24.2 Å². The highest BCUT2D eigenvalue weighted by Gasteiger charge is 2.34. The van der Waals surface area contributed by atoms with Crippen LogP contribution < -0.4 is 5.32 Å². The number of anilines is 1. The third kappa shape index (κ3) is 1.99. The zero-order chi connectivity index (χ0) is 14.1. The molecule has 0 fully saturated rings. The van der Waals surface area contributed by atoms with Crippen molar-refractivity contribution in [3.05, 3.63) is 59.7 Å². The number of aromatic hydroxyl groups is 1. The Bertz CT molecular complexity index is 645. The minimum absolute atomic E-state index is 0.0944. The molecule has 0 aromatic heterocycles. The molecule has 1 aliphatic heterocycles. The Balaban J connectivity index is 1.75. The number of phenolic OH excluding ortho intramolecular Hbond substituents is 1. The molecule has 2 amide bonds. The van der Waals surface area contributed by atoms with Crippen molar-refractivity contribution in [2.45, 2.75) is 0 Å². The second-order valence-electron chi connectivity index (χ2n) is 4.47.